The Balaban J connectivity index is 3.84. The Kier molecular flexibility index (Phi) is 41.5. The van der Waals surface area contributed by atoms with Crippen LogP contribution in [-0.4, -0.2) is 41.9 Å². The average molecular weight is 796 g/mol. The first kappa shape index (κ1) is 53.8. The number of nitrogens with one attached hydrogen (secondary N) is 1. The molecule has 326 valence electrons. The molecular formula is C48H93NO5S. The summed E-state index contributed by atoms with van der Waals surface area (Å²) in [5.74, 6) is -0.988. The van der Waals surface area contributed by atoms with Crippen molar-refractivity contribution in [3.63, 3.8) is 0 Å². The highest BCUT2D eigenvalue weighted by Crippen LogP contribution is 2.16. The molecule has 1 amide bonds. The predicted molar refractivity (Wildman–Crippen MR) is 239 cm³/mol. The molecule has 0 aliphatic heterocycles. The second-order valence-corrected chi connectivity index (χ2v) is 18.2. The van der Waals surface area contributed by atoms with Gasteiger partial charge < -0.3 is 10.4 Å². The van der Waals surface area contributed by atoms with E-state index in [0.717, 1.165) is 38.5 Å². The fraction of sp³-hybridized carbons (Fsp3) is 0.896. The van der Waals surface area contributed by atoms with Crippen LogP contribution in [-0.2, 0) is 14.9 Å². The molecule has 0 saturated carbocycles. The molecule has 0 heterocycles. The number of carbonyl (C=O) groups is 1. The van der Waals surface area contributed by atoms with E-state index in [2.05, 4.69) is 31.3 Å². The summed E-state index contributed by atoms with van der Waals surface area (Å²) in [6.45, 7) is 4.55. The van der Waals surface area contributed by atoms with Crippen molar-refractivity contribution in [1.82, 2.24) is 5.32 Å². The van der Waals surface area contributed by atoms with Gasteiger partial charge in [0, 0.05) is 6.42 Å². The number of hydrogen-bond acceptors (Lipinski definition) is 4. The zero-order chi connectivity index (χ0) is 40.3. The van der Waals surface area contributed by atoms with Gasteiger partial charge in [-0.2, -0.15) is 8.42 Å². The minimum atomic E-state index is -4.35. The molecule has 55 heavy (non-hydrogen) atoms. The maximum atomic E-state index is 12.6. The third-order valence-electron chi connectivity index (χ3n) is 11.1. The van der Waals surface area contributed by atoms with Gasteiger partial charge in [-0.05, 0) is 32.1 Å². The molecule has 0 bridgehead atoms. The van der Waals surface area contributed by atoms with E-state index >= 15 is 0 Å². The van der Waals surface area contributed by atoms with Gasteiger partial charge in [-0.25, -0.2) is 0 Å². The van der Waals surface area contributed by atoms with Gasteiger partial charge in [0.25, 0.3) is 10.1 Å². The highest BCUT2D eigenvalue weighted by atomic mass is 32.2. The average Bonchev–Trinajstić information content (AvgIpc) is 3.15. The number of rotatable bonds is 44. The van der Waals surface area contributed by atoms with Gasteiger partial charge in [-0.3, -0.25) is 9.35 Å². The number of hydrogen-bond donors (Lipinski definition) is 3. The first-order valence-corrected chi connectivity index (χ1v) is 25.6. The molecule has 0 rings (SSSR count). The van der Waals surface area contributed by atoms with Gasteiger partial charge in [0.05, 0.1) is 17.9 Å². The van der Waals surface area contributed by atoms with E-state index in [4.69, 9.17) is 0 Å². The highest BCUT2D eigenvalue weighted by Gasteiger charge is 2.24. The van der Waals surface area contributed by atoms with E-state index < -0.39 is 28.0 Å². The highest BCUT2D eigenvalue weighted by molar-refractivity contribution is 7.85. The summed E-state index contributed by atoms with van der Waals surface area (Å²) in [6, 6.07) is -1.07. The lowest BCUT2D eigenvalue weighted by Gasteiger charge is -2.21. The van der Waals surface area contributed by atoms with Crippen LogP contribution in [0.25, 0.3) is 0 Å². The van der Waals surface area contributed by atoms with Crippen molar-refractivity contribution < 1.29 is 22.9 Å². The lowest BCUT2D eigenvalue weighted by atomic mass is 10.0. The monoisotopic (exact) mass is 796 g/mol. The third-order valence-corrected chi connectivity index (χ3v) is 11.9. The van der Waals surface area contributed by atoms with Gasteiger partial charge >= 0.3 is 0 Å². The lowest BCUT2D eigenvalue weighted by molar-refractivity contribution is -0.122. The molecule has 2 atom stereocenters. The molecule has 0 aromatic carbocycles. The molecule has 0 radical (unpaired) electrons. The molecule has 0 saturated heterocycles. The molecule has 0 spiro atoms. The van der Waals surface area contributed by atoms with E-state index in [1.54, 1.807) is 0 Å². The van der Waals surface area contributed by atoms with Crippen LogP contribution in [0, 0.1) is 0 Å². The van der Waals surface area contributed by atoms with Crippen molar-refractivity contribution in [3.05, 3.63) is 24.3 Å². The zero-order valence-electron chi connectivity index (χ0n) is 36.6. The summed E-state index contributed by atoms with van der Waals surface area (Å²) in [7, 11) is -4.35. The van der Waals surface area contributed by atoms with Gasteiger partial charge in [0.2, 0.25) is 5.91 Å². The minimum Gasteiger partial charge on any atom is -0.387 e. The lowest BCUT2D eigenvalue weighted by Crippen LogP contribution is -2.46. The summed E-state index contributed by atoms with van der Waals surface area (Å²) >= 11 is 0. The Hall–Kier alpha value is -1.18. The summed E-state index contributed by atoms with van der Waals surface area (Å²) in [5, 5.41) is 13.3. The minimum absolute atomic E-state index is 0.282. The molecule has 2 unspecified atom stereocenters. The van der Waals surface area contributed by atoms with E-state index in [-0.39, 0.29) is 5.91 Å². The molecule has 0 aromatic rings. The Morgan fingerprint density at radius 1 is 0.473 bits per heavy atom. The predicted octanol–water partition coefficient (Wildman–Crippen LogP) is 14.7. The maximum Gasteiger partial charge on any atom is 0.267 e. The smallest absolute Gasteiger partial charge is 0.267 e. The number of aliphatic hydroxyl groups excluding tert-OH is 1. The van der Waals surface area contributed by atoms with Crippen molar-refractivity contribution in [2.75, 3.05) is 5.75 Å². The molecule has 0 aliphatic carbocycles. The fourth-order valence-electron chi connectivity index (χ4n) is 7.53. The van der Waals surface area contributed by atoms with Crippen LogP contribution in [0.15, 0.2) is 24.3 Å². The summed E-state index contributed by atoms with van der Waals surface area (Å²) in [5.41, 5.74) is 0. The standard InChI is InChI=1S/C48H93NO5S/c1-3-5-7-9-11-13-15-17-19-21-23-25-27-29-31-33-35-37-39-41-43-47(50)46(45-55(52,53)54)49-48(51)44-42-40-38-36-34-32-30-28-26-24-22-20-18-16-14-12-10-8-6-4-2/h33,35,41,43,46-47,50H,3-32,34,36-40,42,44-45H2,1-2H3,(H,49,51)(H,52,53,54)/b35-33+,43-41+. The van der Waals surface area contributed by atoms with Crippen LogP contribution < -0.4 is 5.32 Å². The van der Waals surface area contributed by atoms with Crippen LogP contribution >= 0.6 is 0 Å². The van der Waals surface area contributed by atoms with Gasteiger partial charge in [-0.15, -0.1) is 0 Å². The number of carbonyl (C=O) groups excluding carboxylic acids is 1. The summed E-state index contributed by atoms with van der Waals surface area (Å²) in [6.07, 6.45) is 54.7. The molecular weight excluding hydrogens is 703 g/mol. The van der Waals surface area contributed by atoms with Crippen molar-refractivity contribution >= 4 is 16.0 Å². The van der Waals surface area contributed by atoms with Crippen molar-refractivity contribution in [2.24, 2.45) is 0 Å². The van der Waals surface area contributed by atoms with E-state index in [0.29, 0.717) is 6.42 Å². The topological polar surface area (TPSA) is 104 Å². The largest absolute Gasteiger partial charge is 0.387 e. The quantitative estimate of drug-likeness (QED) is 0.0324. The molecule has 3 N–H and O–H groups in total. The molecule has 0 fully saturated rings. The number of unbranched alkanes of at least 4 members (excludes halogenated alkanes) is 34. The van der Waals surface area contributed by atoms with E-state index in [9.17, 15) is 22.9 Å². The summed E-state index contributed by atoms with van der Waals surface area (Å²) < 4.78 is 32.6. The molecule has 0 aromatic heterocycles. The van der Waals surface area contributed by atoms with Crippen LogP contribution in [0.2, 0.25) is 0 Å². The Morgan fingerprint density at radius 2 is 0.782 bits per heavy atom. The second-order valence-electron chi connectivity index (χ2n) is 16.7. The van der Waals surface area contributed by atoms with Crippen LogP contribution in [0.4, 0.5) is 0 Å². The number of aliphatic hydroxyl groups is 1. The number of allylic oxidation sites excluding steroid dienone is 3. The Labute approximate surface area is 343 Å². The zero-order valence-corrected chi connectivity index (χ0v) is 37.4. The van der Waals surface area contributed by atoms with Gasteiger partial charge in [-0.1, -0.05) is 244 Å². The van der Waals surface area contributed by atoms with E-state index in [1.165, 1.54) is 205 Å². The fourth-order valence-corrected chi connectivity index (χ4v) is 8.26. The van der Waals surface area contributed by atoms with Crippen LogP contribution in [0.5, 0.6) is 0 Å². The SMILES string of the molecule is CCCCCCCCCCCCCCCC/C=C/CC/C=C/C(O)C(CS(=O)(=O)O)NC(=O)CCCCCCCCCCCCCCCCCCCCCC. The van der Waals surface area contributed by atoms with E-state index in [1.807, 2.05) is 6.08 Å². The Morgan fingerprint density at radius 3 is 1.15 bits per heavy atom. The normalized spacial score (nSPS) is 13.3. The van der Waals surface area contributed by atoms with Crippen LogP contribution in [0.3, 0.4) is 0 Å². The van der Waals surface area contributed by atoms with Crippen molar-refractivity contribution in [2.45, 2.75) is 270 Å². The first-order valence-electron chi connectivity index (χ1n) is 24.0. The molecule has 6 nitrogen and oxygen atoms in total. The first-order chi connectivity index (χ1) is 26.8. The number of amides is 1. The van der Waals surface area contributed by atoms with Crippen LogP contribution in [0.1, 0.15) is 258 Å². The third kappa shape index (κ3) is 43.8. The van der Waals surface area contributed by atoms with Crippen molar-refractivity contribution in [1.29, 1.82) is 0 Å². The van der Waals surface area contributed by atoms with Gasteiger partial charge in [0.15, 0.2) is 0 Å². The molecule has 0 aliphatic rings. The van der Waals surface area contributed by atoms with Crippen molar-refractivity contribution in [3.8, 4) is 0 Å². The van der Waals surface area contributed by atoms with Gasteiger partial charge in [0.1, 0.15) is 0 Å². The summed E-state index contributed by atoms with van der Waals surface area (Å²) in [4.78, 5) is 12.6. The second kappa shape index (κ2) is 42.4. The Bertz CT molecular complexity index is 965. The molecule has 7 heteroatoms. The maximum absolute atomic E-state index is 12.6.